The fraction of sp³-hybridized carbons (Fsp3) is 0.550. The van der Waals surface area contributed by atoms with E-state index >= 15 is 0 Å². The molecule has 0 N–H and O–H groups in total. The molecule has 4 heteroatoms. The standard InChI is InChI=1S/C20H29N3O/c1-21(2)16-23-15-17(18-10-4-5-11-19(18)23)9-8-12-20(24)22-13-6-3-7-14-22/h4-5,10-11,15H,3,6-9,12-14,16H2,1-2H3. The minimum atomic E-state index is 0.340. The Morgan fingerprint density at radius 2 is 1.88 bits per heavy atom. The molecule has 1 aliphatic rings. The normalized spacial score (nSPS) is 15.4. The van der Waals surface area contributed by atoms with Gasteiger partial charge in [0.05, 0.1) is 6.67 Å². The van der Waals surface area contributed by atoms with Crippen molar-refractivity contribution in [2.45, 2.75) is 45.2 Å². The van der Waals surface area contributed by atoms with Gasteiger partial charge in [0.1, 0.15) is 0 Å². The molecule has 2 heterocycles. The number of hydrogen-bond donors (Lipinski definition) is 0. The van der Waals surface area contributed by atoms with Crippen LogP contribution in [0.25, 0.3) is 10.9 Å². The van der Waals surface area contributed by atoms with Crippen molar-refractivity contribution in [3.63, 3.8) is 0 Å². The third kappa shape index (κ3) is 3.99. The molecule has 1 aromatic carbocycles. The first-order chi connectivity index (χ1) is 11.6. The van der Waals surface area contributed by atoms with E-state index in [0.29, 0.717) is 12.3 Å². The van der Waals surface area contributed by atoms with E-state index in [9.17, 15) is 4.79 Å². The summed E-state index contributed by atoms with van der Waals surface area (Å²) in [5, 5.41) is 1.32. The van der Waals surface area contributed by atoms with Crippen molar-refractivity contribution in [3.8, 4) is 0 Å². The van der Waals surface area contributed by atoms with Crippen LogP contribution in [-0.4, -0.2) is 47.5 Å². The number of rotatable bonds is 6. The average Bonchev–Trinajstić information content (AvgIpc) is 2.93. The molecule has 24 heavy (non-hydrogen) atoms. The van der Waals surface area contributed by atoms with E-state index in [4.69, 9.17) is 0 Å². The third-order valence-corrected chi connectivity index (χ3v) is 4.85. The van der Waals surface area contributed by atoms with Gasteiger partial charge in [0, 0.05) is 36.6 Å². The molecule has 130 valence electrons. The minimum absolute atomic E-state index is 0.340. The molecule has 0 saturated carbocycles. The lowest BCUT2D eigenvalue weighted by molar-refractivity contribution is -0.132. The van der Waals surface area contributed by atoms with Crippen molar-refractivity contribution >= 4 is 16.8 Å². The van der Waals surface area contributed by atoms with Crippen LogP contribution in [0.4, 0.5) is 0 Å². The van der Waals surface area contributed by atoms with Crippen LogP contribution in [0.2, 0.25) is 0 Å². The molecule has 1 aliphatic heterocycles. The van der Waals surface area contributed by atoms with Crippen LogP contribution < -0.4 is 0 Å². The molecular weight excluding hydrogens is 298 g/mol. The minimum Gasteiger partial charge on any atom is -0.343 e. The number of carbonyl (C=O) groups excluding carboxylic acids is 1. The molecule has 0 atom stereocenters. The van der Waals surface area contributed by atoms with Gasteiger partial charge in [-0.25, -0.2) is 0 Å². The van der Waals surface area contributed by atoms with Crippen LogP contribution in [0, 0.1) is 0 Å². The summed E-state index contributed by atoms with van der Waals surface area (Å²) in [7, 11) is 4.18. The number of fused-ring (bicyclic) bond motifs is 1. The topological polar surface area (TPSA) is 28.5 Å². The Labute approximate surface area is 145 Å². The summed E-state index contributed by atoms with van der Waals surface area (Å²) in [6, 6.07) is 8.58. The van der Waals surface area contributed by atoms with Gasteiger partial charge in [-0.2, -0.15) is 0 Å². The van der Waals surface area contributed by atoms with Crippen LogP contribution in [0.1, 0.15) is 37.7 Å². The first-order valence-electron chi connectivity index (χ1n) is 9.14. The fourth-order valence-electron chi connectivity index (χ4n) is 3.68. The summed E-state index contributed by atoms with van der Waals surface area (Å²) < 4.78 is 2.30. The van der Waals surface area contributed by atoms with Gasteiger partial charge in [0.2, 0.25) is 5.91 Å². The van der Waals surface area contributed by atoms with E-state index in [-0.39, 0.29) is 0 Å². The highest BCUT2D eigenvalue weighted by Crippen LogP contribution is 2.23. The smallest absolute Gasteiger partial charge is 0.222 e. The zero-order chi connectivity index (χ0) is 16.9. The maximum atomic E-state index is 12.3. The van der Waals surface area contributed by atoms with Gasteiger partial charge in [0.25, 0.3) is 0 Å². The zero-order valence-electron chi connectivity index (χ0n) is 15.0. The van der Waals surface area contributed by atoms with Gasteiger partial charge < -0.3 is 9.47 Å². The van der Waals surface area contributed by atoms with Crippen molar-refractivity contribution < 1.29 is 4.79 Å². The Hall–Kier alpha value is -1.81. The average molecular weight is 327 g/mol. The van der Waals surface area contributed by atoms with E-state index in [1.807, 2.05) is 0 Å². The molecule has 3 rings (SSSR count). The van der Waals surface area contributed by atoms with Crippen molar-refractivity contribution in [2.24, 2.45) is 0 Å². The highest BCUT2D eigenvalue weighted by Gasteiger charge is 2.16. The number of para-hydroxylation sites is 1. The second-order valence-electron chi connectivity index (χ2n) is 7.16. The second-order valence-corrected chi connectivity index (χ2v) is 7.16. The maximum absolute atomic E-state index is 12.3. The summed E-state index contributed by atoms with van der Waals surface area (Å²) in [6.07, 6.45) is 8.46. The number of aryl methyl sites for hydroxylation is 1. The molecule has 4 nitrogen and oxygen atoms in total. The highest BCUT2D eigenvalue weighted by molar-refractivity contribution is 5.84. The third-order valence-electron chi connectivity index (χ3n) is 4.85. The first kappa shape index (κ1) is 17.0. The Morgan fingerprint density at radius 3 is 2.62 bits per heavy atom. The van der Waals surface area contributed by atoms with Crippen LogP contribution in [0.15, 0.2) is 30.5 Å². The monoisotopic (exact) mass is 327 g/mol. The van der Waals surface area contributed by atoms with Crippen LogP contribution >= 0.6 is 0 Å². The van der Waals surface area contributed by atoms with Crippen molar-refractivity contribution in [2.75, 3.05) is 27.2 Å². The van der Waals surface area contributed by atoms with E-state index < -0.39 is 0 Å². The number of likely N-dealkylation sites (tertiary alicyclic amines) is 1. The van der Waals surface area contributed by atoms with Gasteiger partial charge in [-0.3, -0.25) is 9.69 Å². The molecule has 1 aromatic heterocycles. The zero-order valence-corrected chi connectivity index (χ0v) is 15.0. The SMILES string of the molecule is CN(C)Cn1cc(CCCC(=O)N2CCCCC2)c2ccccc21. The van der Waals surface area contributed by atoms with E-state index in [1.54, 1.807) is 0 Å². The number of carbonyl (C=O) groups is 1. The van der Waals surface area contributed by atoms with Crippen molar-refractivity contribution in [3.05, 3.63) is 36.0 Å². The Kier molecular flexibility index (Phi) is 5.56. The number of nitrogens with zero attached hydrogens (tertiary/aromatic N) is 3. The van der Waals surface area contributed by atoms with Crippen molar-refractivity contribution in [1.82, 2.24) is 14.4 Å². The van der Waals surface area contributed by atoms with Crippen LogP contribution in [-0.2, 0) is 17.9 Å². The number of amides is 1. The molecule has 0 bridgehead atoms. The van der Waals surface area contributed by atoms with Crippen LogP contribution in [0.3, 0.4) is 0 Å². The number of hydrogen-bond acceptors (Lipinski definition) is 2. The Balaban J connectivity index is 1.63. The molecular formula is C20H29N3O. The van der Waals surface area contributed by atoms with Crippen LogP contribution in [0.5, 0.6) is 0 Å². The molecule has 0 radical (unpaired) electrons. The molecule has 1 fully saturated rings. The lowest BCUT2D eigenvalue weighted by Gasteiger charge is -2.26. The molecule has 0 aliphatic carbocycles. The molecule has 1 amide bonds. The molecule has 0 spiro atoms. The van der Waals surface area contributed by atoms with Gasteiger partial charge in [-0.15, -0.1) is 0 Å². The molecule has 2 aromatic rings. The van der Waals surface area contributed by atoms with Gasteiger partial charge in [0.15, 0.2) is 0 Å². The Bertz CT molecular complexity index is 683. The lowest BCUT2D eigenvalue weighted by Crippen LogP contribution is -2.35. The predicted molar refractivity (Wildman–Crippen MR) is 99.0 cm³/mol. The molecule has 0 unspecified atom stereocenters. The highest BCUT2D eigenvalue weighted by atomic mass is 16.2. The number of aromatic nitrogens is 1. The van der Waals surface area contributed by atoms with E-state index in [2.05, 4.69) is 58.9 Å². The van der Waals surface area contributed by atoms with Gasteiger partial charge >= 0.3 is 0 Å². The summed E-state index contributed by atoms with van der Waals surface area (Å²) in [4.78, 5) is 16.5. The quantitative estimate of drug-likeness (QED) is 0.812. The van der Waals surface area contributed by atoms with Gasteiger partial charge in [-0.1, -0.05) is 18.2 Å². The first-order valence-corrected chi connectivity index (χ1v) is 9.14. The maximum Gasteiger partial charge on any atom is 0.222 e. The fourth-order valence-corrected chi connectivity index (χ4v) is 3.68. The lowest BCUT2D eigenvalue weighted by atomic mass is 10.1. The summed E-state index contributed by atoms with van der Waals surface area (Å²) in [6.45, 7) is 2.80. The van der Waals surface area contributed by atoms with Crippen molar-refractivity contribution in [1.29, 1.82) is 0 Å². The summed E-state index contributed by atoms with van der Waals surface area (Å²) >= 11 is 0. The molecule has 1 saturated heterocycles. The summed E-state index contributed by atoms with van der Waals surface area (Å²) in [5.74, 6) is 0.340. The largest absolute Gasteiger partial charge is 0.343 e. The Morgan fingerprint density at radius 1 is 1.12 bits per heavy atom. The predicted octanol–water partition coefficient (Wildman–Crippen LogP) is 3.50. The van der Waals surface area contributed by atoms with E-state index in [1.165, 1.54) is 35.7 Å². The summed E-state index contributed by atoms with van der Waals surface area (Å²) in [5.41, 5.74) is 2.64. The number of benzene rings is 1. The number of piperidine rings is 1. The second kappa shape index (κ2) is 7.84. The van der Waals surface area contributed by atoms with E-state index in [0.717, 1.165) is 32.6 Å². The van der Waals surface area contributed by atoms with Gasteiger partial charge in [-0.05, 0) is 57.8 Å².